The molecule has 0 radical (unpaired) electrons. The lowest BCUT2D eigenvalue weighted by molar-refractivity contribution is -0.113. The molecule has 1 aliphatic heterocycles. The van der Waals surface area contributed by atoms with Gasteiger partial charge in [0.2, 0.25) is 0 Å². The van der Waals surface area contributed by atoms with E-state index < -0.39 is 12.0 Å². The van der Waals surface area contributed by atoms with Crippen molar-refractivity contribution >= 4 is 23.6 Å². The number of hydrogen-bond acceptors (Lipinski definition) is 5. The molecule has 0 fully saturated rings. The summed E-state index contributed by atoms with van der Waals surface area (Å²) in [6, 6.07) is 12.9. The van der Waals surface area contributed by atoms with Gasteiger partial charge in [-0.05, 0) is 36.8 Å². The van der Waals surface area contributed by atoms with Gasteiger partial charge in [-0.15, -0.1) is 0 Å². The average molecular weight is 423 g/mol. The Labute approximate surface area is 181 Å². The summed E-state index contributed by atoms with van der Waals surface area (Å²) in [6.07, 6.45) is 0. The van der Waals surface area contributed by atoms with Gasteiger partial charge in [-0.1, -0.05) is 24.3 Å². The molecule has 0 saturated carbocycles. The summed E-state index contributed by atoms with van der Waals surface area (Å²) in [5.74, 6) is -0.280. The zero-order valence-corrected chi connectivity index (χ0v) is 18.1. The van der Waals surface area contributed by atoms with Crippen LogP contribution in [0.4, 0.5) is 10.5 Å². The van der Waals surface area contributed by atoms with Gasteiger partial charge in [-0.25, -0.2) is 9.59 Å². The molecule has 162 valence electrons. The van der Waals surface area contributed by atoms with Crippen LogP contribution in [0, 0.1) is 0 Å². The largest absolute Gasteiger partial charge is 0.495 e. The third-order valence-corrected chi connectivity index (χ3v) is 5.39. The van der Waals surface area contributed by atoms with Gasteiger partial charge < -0.3 is 24.6 Å². The minimum atomic E-state index is -0.634. The molecule has 1 heterocycles. The number of para-hydroxylation sites is 2. The van der Waals surface area contributed by atoms with Crippen molar-refractivity contribution < 1.29 is 23.9 Å². The molecule has 8 heteroatoms. The normalized spacial score (nSPS) is 16.3. The molecule has 0 saturated heterocycles. The lowest BCUT2D eigenvalue weighted by Gasteiger charge is -2.40. The van der Waals surface area contributed by atoms with E-state index in [4.69, 9.17) is 9.47 Å². The van der Waals surface area contributed by atoms with Crippen LogP contribution < -0.4 is 10.1 Å². The second-order valence-electron chi connectivity index (χ2n) is 7.12. The number of amides is 3. The number of carbonyl (C=O) groups excluding carboxylic acids is 3. The van der Waals surface area contributed by atoms with E-state index in [-0.39, 0.29) is 11.9 Å². The summed E-state index contributed by atoms with van der Waals surface area (Å²) < 4.78 is 10.1. The van der Waals surface area contributed by atoms with Gasteiger partial charge in [-0.3, -0.25) is 4.79 Å². The summed E-state index contributed by atoms with van der Waals surface area (Å²) in [4.78, 5) is 40.9. The van der Waals surface area contributed by atoms with Gasteiger partial charge >= 0.3 is 12.0 Å². The van der Waals surface area contributed by atoms with E-state index >= 15 is 0 Å². The number of urea groups is 1. The monoisotopic (exact) mass is 423 g/mol. The first-order chi connectivity index (χ1) is 14.8. The first kappa shape index (κ1) is 21.9. The highest BCUT2D eigenvalue weighted by Gasteiger charge is 2.38. The molecule has 0 aromatic heterocycles. The van der Waals surface area contributed by atoms with E-state index in [1.807, 2.05) is 6.07 Å². The summed E-state index contributed by atoms with van der Waals surface area (Å²) in [7, 11) is 6.11. The fourth-order valence-corrected chi connectivity index (χ4v) is 3.60. The predicted octanol–water partition coefficient (Wildman–Crippen LogP) is 3.43. The van der Waals surface area contributed by atoms with Crippen LogP contribution in [0.1, 0.15) is 28.9 Å². The number of anilines is 1. The minimum Gasteiger partial charge on any atom is -0.495 e. The van der Waals surface area contributed by atoms with Gasteiger partial charge in [0, 0.05) is 19.8 Å². The molecule has 1 N–H and O–H groups in total. The van der Waals surface area contributed by atoms with Crippen LogP contribution in [-0.4, -0.2) is 56.0 Å². The molecule has 0 aliphatic carbocycles. The smallest absolute Gasteiger partial charge is 0.337 e. The first-order valence-electron chi connectivity index (χ1n) is 9.64. The average Bonchev–Trinajstić information content (AvgIpc) is 2.79. The van der Waals surface area contributed by atoms with E-state index in [1.165, 1.54) is 24.0 Å². The lowest BCUT2D eigenvalue weighted by atomic mass is 9.92. The standard InChI is InChI=1S/C23H25N3O5/c1-14-19(21(27)24-17-8-6-7-9-18(17)30-4)20(26(3)23(29)25(14)2)15-10-12-16(13-11-15)22(28)31-5/h6-13,20H,1-5H3,(H,24,27)/t20-/m1/s1. The van der Waals surface area contributed by atoms with Gasteiger partial charge in [0.05, 0.1) is 37.1 Å². The van der Waals surface area contributed by atoms with Crippen LogP contribution >= 0.6 is 0 Å². The van der Waals surface area contributed by atoms with Crippen LogP contribution in [0.3, 0.4) is 0 Å². The summed E-state index contributed by atoms with van der Waals surface area (Å²) in [5.41, 5.74) is 2.56. The number of nitrogens with zero attached hydrogens (tertiary/aromatic N) is 2. The van der Waals surface area contributed by atoms with E-state index in [2.05, 4.69) is 5.32 Å². The van der Waals surface area contributed by atoms with E-state index in [9.17, 15) is 14.4 Å². The van der Waals surface area contributed by atoms with Crippen molar-refractivity contribution in [2.45, 2.75) is 13.0 Å². The lowest BCUT2D eigenvalue weighted by Crippen LogP contribution is -2.47. The van der Waals surface area contributed by atoms with Gasteiger partial charge in [0.1, 0.15) is 5.75 Å². The summed E-state index contributed by atoms with van der Waals surface area (Å²) in [6.45, 7) is 1.73. The highest BCUT2D eigenvalue weighted by molar-refractivity contribution is 6.07. The number of allylic oxidation sites excluding steroid dienone is 1. The van der Waals surface area contributed by atoms with Crippen LogP contribution in [0.2, 0.25) is 0 Å². The van der Waals surface area contributed by atoms with Gasteiger partial charge in [0.25, 0.3) is 5.91 Å². The fourth-order valence-electron chi connectivity index (χ4n) is 3.60. The number of ether oxygens (including phenoxy) is 2. The number of methoxy groups -OCH3 is 2. The quantitative estimate of drug-likeness (QED) is 0.745. The van der Waals surface area contributed by atoms with E-state index in [0.717, 1.165) is 0 Å². The highest BCUT2D eigenvalue weighted by atomic mass is 16.5. The summed E-state index contributed by atoms with van der Waals surface area (Å²) in [5, 5.41) is 2.90. The Hall–Kier alpha value is -3.81. The molecule has 2 aromatic carbocycles. The van der Waals surface area contributed by atoms with Crippen LogP contribution in [0.25, 0.3) is 0 Å². The molecule has 3 rings (SSSR count). The Morgan fingerprint density at radius 1 is 1.00 bits per heavy atom. The van der Waals surface area contributed by atoms with E-state index in [0.29, 0.717) is 33.8 Å². The van der Waals surface area contributed by atoms with Crippen LogP contribution in [0.15, 0.2) is 59.8 Å². The molecule has 1 atom stereocenters. The Morgan fingerprint density at radius 2 is 1.65 bits per heavy atom. The Kier molecular flexibility index (Phi) is 6.29. The topological polar surface area (TPSA) is 88.2 Å². The molecular weight excluding hydrogens is 398 g/mol. The Bertz CT molecular complexity index is 1050. The van der Waals surface area contributed by atoms with E-state index in [1.54, 1.807) is 63.5 Å². The number of esters is 1. The first-order valence-corrected chi connectivity index (χ1v) is 9.64. The molecular formula is C23H25N3O5. The zero-order valence-electron chi connectivity index (χ0n) is 18.1. The maximum Gasteiger partial charge on any atom is 0.337 e. The van der Waals surface area contributed by atoms with Crippen molar-refractivity contribution in [1.29, 1.82) is 0 Å². The molecule has 2 aromatic rings. The number of benzene rings is 2. The minimum absolute atomic E-state index is 0.242. The van der Waals surface area contributed by atoms with Crippen molar-refractivity contribution in [3.63, 3.8) is 0 Å². The SMILES string of the molecule is COC(=O)c1ccc([C@@H]2C(C(=O)Nc3ccccc3OC)=C(C)N(C)C(=O)N2C)cc1. The van der Waals surface area contributed by atoms with Crippen molar-refractivity contribution in [3.8, 4) is 5.75 Å². The van der Waals surface area contributed by atoms with Gasteiger partial charge in [-0.2, -0.15) is 0 Å². The second kappa shape index (κ2) is 8.91. The third kappa shape index (κ3) is 4.09. The molecule has 0 unspecified atom stereocenters. The highest BCUT2D eigenvalue weighted by Crippen LogP contribution is 2.37. The van der Waals surface area contributed by atoms with Crippen molar-refractivity contribution in [3.05, 3.63) is 70.9 Å². The number of likely N-dealkylation sites (N-methyl/N-ethyl adjacent to an activating group) is 1. The maximum absolute atomic E-state index is 13.4. The molecule has 8 nitrogen and oxygen atoms in total. The number of rotatable bonds is 5. The second-order valence-corrected chi connectivity index (χ2v) is 7.12. The van der Waals surface area contributed by atoms with Crippen molar-refractivity contribution in [2.75, 3.05) is 33.6 Å². The predicted molar refractivity (Wildman–Crippen MR) is 116 cm³/mol. The Balaban J connectivity index is 2.04. The van der Waals surface area contributed by atoms with Crippen molar-refractivity contribution in [1.82, 2.24) is 9.80 Å². The number of hydrogen-bond donors (Lipinski definition) is 1. The molecule has 0 bridgehead atoms. The number of nitrogens with one attached hydrogen (secondary N) is 1. The van der Waals surface area contributed by atoms with Crippen LogP contribution in [-0.2, 0) is 9.53 Å². The van der Waals surface area contributed by atoms with Crippen molar-refractivity contribution in [2.24, 2.45) is 0 Å². The zero-order chi connectivity index (χ0) is 22.7. The maximum atomic E-state index is 13.4. The third-order valence-electron chi connectivity index (χ3n) is 5.39. The van der Waals surface area contributed by atoms with Crippen LogP contribution in [0.5, 0.6) is 5.75 Å². The fraction of sp³-hybridized carbons (Fsp3) is 0.261. The molecule has 3 amide bonds. The summed E-state index contributed by atoms with van der Waals surface area (Å²) >= 11 is 0. The Morgan fingerprint density at radius 3 is 2.26 bits per heavy atom. The molecule has 1 aliphatic rings. The number of carbonyl (C=O) groups is 3. The van der Waals surface area contributed by atoms with Gasteiger partial charge in [0.15, 0.2) is 0 Å². The molecule has 31 heavy (non-hydrogen) atoms. The molecule has 0 spiro atoms.